The lowest BCUT2D eigenvalue weighted by molar-refractivity contribution is 0.485. The zero-order chi connectivity index (χ0) is 12.0. The van der Waals surface area contributed by atoms with Gasteiger partial charge in [0.2, 0.25) is 0 Å². The molecule has 1 unspecified atom stereocenters. The predicted octanol–water partition coefficient (Wildman–Crippen LogP) is 3.59. The highest BCUT2D eigenvalue weighted by Gasteiger charge is 2.08. The highest BCUT2D eigenvalue weighted by Crippen LogP contribution is 2.15. The molecule has 0 amide bonds. The zero-order valence-electron chi connectivity index (χ0n) is 11.2. The van der Waals surface area contributed by atoms with Crippen molar-refractivity contribution >= 4 is 0 Å². The molecular weight excluding hydrogens is 196 g/mol. The summed E-state index contributed by atoms with van der Waals surface area (Å²) in [6, 6.07) is 4.83. The second kappa shape index (κ2) is 6.74. The largest absolute Gasteiger partial charge is 0.350 e. The van der Waals surface area contributed by atoms with Crippen LogP contribution in [0, 0.1) is 5.92 Å². The molecule has 16 heavy (non-hydrogen) atoms. The second-order valence-electron chi connectivity index (χ2n) is 4.94. The van der Waals surface area contributed by atoms with Crippen LogP contribution >= 0.6 is 0 Å². The van der Waals surface area contributed by atoms with Crippen molar-refractivity contribution in [2.75, 3.05) is 6.54 Å². The minimum absolute atomic E-state index is 0.457. The highest BCUT2D eigenvalue weighted by atomic mass is 15.0. The Hall–Kier alpha value is -0.760. The van der Waals surface area contributed by atoms with Gasteiger partial charge < -0.3 is 9.88 Å². The summed E-state index contributed by atoms with van der Waals surface area (Å²) in [5.41, 5.74) is 1.41. The monoisotopic (exact) mass is 222 g/mol. The van der Waals surface area contributed by atoms with Crippen molar-refractivity contribution in [2.24, 2.45) is 5.92 Å². The third kappa shape index (κ3) is 4.01. The van der Waals surface area contributed by atoms with E-state index in [0.29, 0.717) is 6.04 Å². The van der Waals surface area contributed by atoms with E-state index in [1.807, 2.05) is 0 Å². The molecule has 0 radical (unpaired) electrons. The first-order chi connectivity index (χ1) is 7.65. The van der Waals surface area contributed by atoms with Crippen molar-refractivity contribution in [3.8, 4) is 0 Å². The van der Waals surface area contributed by atoms with Crippen LogP contribution in [0.3, 0.4) is 0 Å². The van der Waals surface area contributed by atoms with Gasteiger partial charge in [-0.1, -0.05) is 20.8 Å². The van der Waals surface area contributed by atoms with E-state index in [1.54, 1.807) is 0 Å². The van der Waals surface area contributed by atoms with Crippen molar-refractivity contribution in [3.63, 3.8) is 0 Å². The van der Waals surface area contributed by atoms with E-state index in [4.69, 9.17) is 0 Å². The maximum Gasteiger partial charge on any atom is 0.0446 e. The standard InChI is InChI=1S/C14H26N2/c1-5-15-13(4)14-9-7-11-16(14)10-6-8-12(2)3/h7,9,11-13,15H,5-6,8,10H2,1-4H3. The van der Waals surface area contributed by atoms with E-state index in [2.05, 4.69) is 55.9 Å². The number of hydrogen-bond donors (Lipinski definition) is 1. The van der Waals surface area contributed by atoms with Crippen LogP contribution in [-0.2, 0) is 6.54 Å². The SMILES string of the molecule is CCNC(C)c1cccn1CCCC(C)C. The van der Waals surface area contributed by atoms with E-state index in [-0.39, 0.29) is 0 Å². The first-order valence-electron chi connectivity index (χ1n) is 6.53. The molecule has 1 rings (SSSR count). The molecule has 0 fully saturated rings. The van der Waals surface area contributed by atoms with E-state index >= 15 is 0 Å². The first-order valence-corrected chi connectivity index (χ1v) is 6.53. The molecule has 0 saturated heterocycles. The fourth-order valence-corrected chi connectivity index (χ4v) is 2.10. The van der Waals surface area contributed by atoms with E-state index in [9.17, 15) is 0 Å². The fraction of sp³-hybridized carbons (Fsp3) is 0.714. The summed E-state index contributed by atoms with van der Waals surface area (Å²) in [4.78, 5) is 0. The van der Waals surface area contributed by atoms with Crippen LogP contribution in [0.1, 0.15) is 52.3 Å². The van der Waals surface area contributed by atoms with Crippen molar-refractivity contribution in [2.45, 2.75) is 53.1 Å². The van der Waals surface area contributed by atoms with Crippen molar-refractivity contribution in [3.05, 3.63) is 24.0 Å². The number of aryl methyl sites for hydroxylation is 1. The lowest BCUT2D eigenvalue weighted by Gasteiger charge is -2.16. The van der Waals surface area contributed by atoms with Gasteiger partial charge in [-0.25, -0.2) is 0 Å². The van der Waals surface area contributed by atoms with Gasteiger partial charge in [-0.05, 0) is 44.4 Å². The molecule has 92 valence electrons. The Balaban J connectivity index is 2.50. The van der Waals surface area contributed by atoms with Crippen LogP contribution in [0.2, 0.25) is 0 Å². The van der Waals surface area contributed by atoms with Crippen LogP contribution in [0.15, 0.2) is 18.3 Å². The van der Waals surface area contributed by atoms with E-state index in [1.165, 1.54) is 18.5 Å². The van der Waals surface area contributed by atoms with Crippen LogP contribution < -0.4 is 5.32 Å². The van der Waals surface area contributed by atoms with Gasteiger partial charge in [0.15, 0.2) is 0 Å². The molecule has 0 aliphatic rings. The Morgan fingerprint density at radius 2 is 2.06 bits per heavy atom. The summed E-state index contributed by atoms with van der Waals surface area (Å²) in [6.45, 7) is 11.1. The Bertz CT molecular complexity index is 289. The van der Waals surface area contributed by atoms with Gasteiger partial charge in [0.25, 0.3) is 0 Å². The Morgan fingerprint density at radius 1 is 1.31 bits per heavy atom. The molecule has 2 heteroatoms. The number of nitrogens with one attached hydrogen (secondary N) is 1. The van der Waals surface area contributed by atoms with Crippen molar-refractivity contribution < 1.29 is 0 Å². The van der Waals surface area contributed by atoms with Crippen LogP contribution in [0.4, 0.5) is 0 Å². The smallest absolute Gasteiger partial charge is 0.0446 e. The number of aromatic nitrogens is 1. The van der Waals surface area contributed by atoms with Crippen LogP contribution in [0.5, 0.6) is 0 Å². The first kappa shape index (κ1) is 13.3. The zero-order valence-corrected chi connectivity index (χ0v) is 11.2. The van der Waals surface area contributed by atoms with Gasteiger partial charge in [0.05, 0.1) is 0 Å². The molecule has 0 aliphatic carbocycles. The van der Waals surface area contributed by atoms with Crippen LogP contribution in [0.25, 0.3) is 0 Å². The van der Waals surface area contributed by atoms with Crippen LogP contribution in [-0.4, -0.2) is 11.1 Å². The Morgan fingerprint density at radius 3 is 2.69 bits per heavy atom. The summed E-state index contributed by atoms with van der Waals surface area (Å²) in [5.74, 6) is 0.810. The molecule has 0 spiro atoms. The van der Waals surface area contributed by atoms with Gasteiger partial charge >= 0.3 is 0 Å². The summed E-state index contributed by atoms with van der Waals surface area (Å²) in [5, 5.41) is 3.47. The summed E-state index contributed by atoms with van der Waals surface area (Å²) in [7, 11) is 0. The van der Waals surface area contributed by atoms with Gasteiger partial charge in [-0.2, -0.15) is 0 Å². The van der Waals surface area contributed by atoms with Gasteiger partial charge in [-0.3, -0.25) is 0 Å². The number of nitrogens with zero attached hydrogens (tertiary/aromatic N) is 1. The predicted molar refractivity (Wildman–Crippen MR) is 70.6 cm³/mol. The summed E-state index contributed by atoms with van der Waals surface area (Å²) in [6.07, 6.45) is 4.79. The third-order valence-corrected chi connectivity index (χ3v) is 3.00. The molecule has 1 aromatic rings. The highest BCUT2D eigenvalue weighted by molar-refractivity contribution is 5.11. The molecule has 0 saturated carbocycles. The summed E-state index contributed by atoms with van der Waals surface area (Å²) < 4.78 is 2.38. The minimum Gasteiger partial charge on any atom is -0.350 e. The minimum atomic E-state index is 0.457. The summed E-state index contributed by atoms with van der Waals surface area (Å²) >= 11 is 0. The van der Waals surface area contributed by atoms with E-state index in [0.717, 1.165) is 19.0 Å². The van der Waals surface area contributed by atoms with E-state index < -0.39 is 0 Å². The average molecular weight is 222 g/mol. The number of rotatable bonds is 7. The fourth-order valence-electron chi connectivity index (χ4n) is 2.10. The van der Waals surface area contributed by atoms with Gasteiger partial charge in [-0.15, -0.1) is 0 Å². The molecule has 0 aliphatic heterocycles. The number of hydrogen-bond acceptors (Lipinski definition) is 1. The Kier molecular flexibility index (Phi) is 5.61. The average Bonchev–Trinajstić information content (AvgIpc) is 2.66. The van der Waals surface area contributed by atoms with Gasteiger partial charge in [0.1, 0.15) is 0 Å². The third-order valence-electron chi connectivity index (χ3n) is 3.00. The molecule has 1 heterocycles. The van der Waals surface area contributed by atoms with Gasteiger partial charge in [0, 0.05) is 24.5 Å². The lowest BCUT2D eigenvalue weighted by atomic mass is 10.1. The lowest BCUT2D eigenvalue weighted by Crippen LogP contribution is -2.20. The molecular formula is C14H26N2. The van der Waals surface area contributed by atoms with Crippen molar-refractivity contribution in [1.29, 1.82) is 0 Å². The maximum atomic E-state index is 3.47. The molecule has 0 bridgehead atoms. The molecule has 1 atom stereocenters. The van der Waals surface area contributed by atoms with Crippen molar-refractivity contribution in [1.82, 2.24) is 9.88 Å². The second-order valence-corrected chi connectivity index (χ2v) is 4.94. The molecule has 1 N–H and O–H groups in total. The molecule has 0 aromatic carbocycles. The quantitative estimate of drug-likeness (QED) is 0.746. The topological polar surface area (TPSA) is 17.0 Å². The molecule has 1 aromatic heterocycles. The molecule has 2 nitrogen and oxygen atoms in total. The normalized spacial score (nSPS) is 13.3. The maximum absolute atomic E-state index is 3.47. The Labute approximate surface area is 100 Å².